The van der Waals surface area contributed by atoms with Crippen molar-refractivity contribution < 1.29 is 61.3 Å². The molecule has 6 aliphatic rings. The molecule has 2 heterocycles. The first-order valence-electron chi connectivity index (χ1n) is 36.2. The van der Waals surface area contributed by atoms with Gasteiger partial charge in [0.05, 0.1) is 36.2 Å². The number of hydrogen-bond donors (Lipinski definition) is 2. The second-order valence-corrected chi connectivity index (χ2v) is 40.6. The van der Waals surface area contributed by atoms with Crippen LogP contribution in [0.3, 0.4) is 0 Å². The zero-order valence-electron chi connectivity index (χ0n) is 62.6. The second-order valence-electron chi connectivity index (χ2n) is 29.1. The van der Waals surface area contributed by atoms with Crippen molar-refractivity contribution in [3.63, 3.8) is 0 Å². The Labute approximate surface area is 668 Å². The summed E-state index contributed by atoms with van der Waals surface area (Å²) in [5.41, 5.74) is 1.32. The van der Waals surface area contributed by atoms with Gasteiger partial charge in [0.25, 0.3) is 11.8 Å². The summed E-state index contributed by atoms with van der Waals surface area (Å²) < 4.78 is 76.4. The number of carbonyl (C=O) groups is 2. The number of halogens is 3. The van der Waals surface area contributed by atoms with Crippen LogP contribution in [0.15, 0.2) is 233 Å². The Balaban J connectivity index is 0.000000164. The zero-order valence-corrected chi connectivity index (χ0v) is 70.7. The van der Waals surface area contributed by atoms with E-state index >= 15 is 0 Å². The van der Waals surface area contributed by atoms with Crippen LogP contribution in [0.2, 0.25) is 0 Å². The number of benzene rings is 8. The van der Waals surface area contributed by atoms with Crippen molar-refractivity contribution in [2.45, 2.75) is 102 Å². The third kappa shape index (κ3) is 21.6. The molecule has 0 aromatic heterocycles. The number of rotatable bonds is 16. The smallest absolute Gasteiger partial charge is 0.0134 e. The number of nitrogens with one attached hydrogen (secondary N) is 2. The molecule has 14 nitrogen and oxygen atoms in total. The minimum Gasteiger partial charge on any atom is -0.0622 e. The number of methoxy groups -OCH3 is 2. The third-order valence-electron chi connectivity index (χ3n) is 21.5. The van der Waals surface area contributed by atoms with Crippen LogP contribution in [0.4, 0.5) is 0 Å². The fraction of sp³-hybridized carbons (Fsp3) is 0.372. The molecule has 576 valence electrons. The molecule has 108 heavy (non-hydrogen) atoms. The van der Waals surface area contributed by atoms with Gasteiger partial charge in [-0.2, -0.15) is 8.61 Å². The van der Waals surface area contributed by atoms with Gasteiger partial charge in [-0.05, 0) is 172 Å². The first-order valence-corrected chi connectivity index (χ1v) is 46.6. The SMILES string of the molecule is C#CCOC.CC1(C)C(NC(=O)c2ccc(Br)c(S(=O)(=O)N3CCOCC3)c2)[C@]2(C)CC[C@@H]1C2.COCC#Cc1ccc(C(=O)NC2C(C)(C)[C@@H]3CC[C@]2(C)C3)cc1S(=O)(=O)N1CCOCC1.[Cl][Pd][Cl].c1ccc(P(c2ccccc2)c2ccccc2)cc1.c1ccc(P(c2ccccc2)c2ccccc2)cc1. The number of hydrogen-bond acceptors (Lipinski definition) is 10. The molecule has 8 aromatic rings. The predicted molar refractivity (Wildman–Crippen MR) is 442 cm³/mol. The summed E-state index contributed by atoms with van der Waals surface area (Å²) in [4.78, 5) is 26.6. The van der Waals surface area contributed by atoms with Crippen LogP contribution in [-0.4, -0.2) is 129 Å². The molecule has 2 unspecified atom stereocenters. The van der Waals surface area contributed by atoms with Crippen molar-refractivity contribution in [3.05, 3.63) is 240 Å². The van der Waals surface area contributed by atoms with Gasteiger partial charge in [-0.3, -0.25) is 9.59 Å². The number of amides is 2. The van der Waals surface area contributed by atoms with E-state index in [1.807, 2.05) is 0 Å². The molecule has 0 spiro atoms. The van der Waals surface area contributed by atoms with E-state index in [1.54, 1.807) is 31.4 Å². The molecular weight excluding hydrogens is 1630 g/mol. The molecule has 22 heteroatoms. The van der Waals surface area contributed by atoms with E-state index in [0.717, 1.165) is 25.7 Å². The molecule has 4 saturated carbocycles. The zero-order chi connectivity index (χ0) is 77.5. The Hall–Kier alpha value is -5.94. The summed E-state index contributed by atoms with van der Waals surface area (Å²) in [5, 5.41) is 14.9. The van der Waals surface area contributed by atoms with Gasteiger partial charge >= 0.3 is 35.0 Å². The van der Waals surface area contributed by atoms with Crippen LogP contribution in [0.5, 0.6) is 0 Å². The van der Waals surface area contributed by atoms with Gasteiger partial charge in [0.15, 0.2) is 0 Å². The maximum atomic E-state index is 13.5. The van der Waals surface area contributed by atoms with E-state index in [9.17, 15) is 26.4 Å². The van der Waals surface area contributed by atoms with Gasteiger partial charge in [-0.1, -0.05) is 241 Å². The Morgan fingerprint density at radius 1 is 0.519 bits per heavy atom. The largest absolute Gasteiger partial charge is 0.0622 e. The Morgan fingerprint density at radius 3 is 1.13 bits per heavy atom. The number of carbonyl (C=O) groups excluding carboxylic acids is 2. The van der Waals surface area contributed by atoms with Gasteiger partial charge < -0.3 is 29.6 Å². The van der Waals surface area contributed by atoms with Crippen LogP contribution in [0.25, 0.3) is 0 Å². The van der Waals surface area contributed by atoms with Crippen LogP contribution in [0, 0.1) is 57.7 Å². The average Bonchev–Trinajstić information content (AvgIpc) is 1.57. The molecule has 14 rings (SSSR count). The number of ether oxygens (including phenoxy) is 4. The number of nitrogens with zero attached hydrogens (tertiary/aromatic N) is 2. The molecule has 4 bridgehead atoms. The van der Waals surface area contributed by atoms with E-state index in [1.165, 1.54) is 72.5 Å². The van der Waals surface area contributed by atoms with Crippen LogP contribution < -0.4 is 42.5 Å². The van der Waals surface area contributed by atoms with Crippen molar-refractivity contribution in [1.82, 2.24) is 19.2 Å². The van der Waals surface area contributed by atoms with E-state index in [-0.39, 0.29) is 91.0 Å². The third-order valence-corrected chi connectivity index (χ3v) is 31.2. The van der Waals surface area contributed by atoms with Gasteiger partial charge in [-0.15, -0.1) is 6.42 Å². The van der Waals surface area contributed by atoms with E-state index in [4.69, 9.17) is 39.7 Å². The van der Waals surface area contributed by atoms with Crippen LogP contribution in [-0.2, 0) is 54.9 Å². The molecule has 6 fully saturated rings. The monoisotopic (exact) mass is 1730 g/mol. The summed E-state index contributed by atoms with van der Waals surface area (Å²) in [6, 6.07) is 74.4. The number of morpholine rings is 2. The maximum Gasteiger partial charge on any atom is -0.0134 e. The average molecular weight is 1730 g/mol. The fourth-order valence-electron chi connectivity index (χ4n) is 16.1. The van der Waals surface area contributed by atoms with Crippen molar-refractivity contribution in [2.24, 2.45) is 33.5 Å². The quantitative estimate of drug-likeness (QED) is 0.0539. The summed E-state index contributed by atoms with van der Waals surface area (Å²) >= 11 is 3.25. The van der Waals surface area contributed by atoms with Crippen molar-refractivity contribution in [2.75, 3.05) is 80.0 Å². The van der Waals surface area contributed by atoms with Gasteiger partial charge in [0.1, 0.15) is 13.2 Å². The summed E-state index contributed by atoms with van der Waals surface area (Å²) in [6.45, 7) is 16.7. The standard InChI is InChI=1S/C25H34N2O5S.C21H29BrN2O4S.2C18H15P.C4H6O.2ClH.Pd/c1-24(2)20-9-10-25(3,17-20)23(24)26-22(28)19-8-7-18(6-5-13-31-4)21(16-19)33(29,30)27-11-14-32-15-12-27;1-20(2)15-6-7-21(3,13-15)19(20)23-18(25)14-4-5-16(22)17(12-14)29(26,27)24-8-10-28-11-9-24;2*1-4-10-16(11-5-1)19(17-12-6-2-7-13-17)18-14-8-3-9-15-18;1-3-4-5-2;;;/h7-8,16,20,23H,9-15,17H2,1-4H3,(H,26,28);4-5,12,15,19H,6-11,13H2,1-3H3,(H,23,25);2*1-15H;1H,4H2,2H3;2*1H;/q;;;;;;;+2/p-2/t20-,23?,25-;15-,19?,21-;;;;;;/m11....../s1. The summed E-state index contributed by atoms with van der Waals surface area (Å²) in [6.07, 6.45) is 11.7. The van der Waals surface area contributed by atoms with Crippen molar-refractivity contribution in [3.8, 4) is 24.2 Å². The molecule has 2 amide bonds. The summed E-state index contributed by atoms with van der Waals surface area (Å²) in [5.74, 6) is 8.80. The molecule has 4 aliphatic carbocycles. The van der Waals surface area contributed by atoms with Gasteiger partial charge in [0.2, 0.25) is 20.0 Å². The molecule has 2 N–H and O–H groups in total. The first-order chi connectivity index (χ1) is 51.9. The molecule has 2 saturated heterocycles. The molecule has 6 atom stereocenters. The second kappa shape index (κ2) is 40.5. The van der Waals surface area contributed by atoms with Crippen LogP contribution >= 0.6 is 50.8 Å². The predicted octanol–water partition coefficient (Wildman–Crippen LogP) is 14.6. The number of fused-ring (bicyclic) bond motifs is 4. The Kier molecular flexibility index (Phi) is 32.3. The van der Waals surface area contributed by atoms with Crippen molar-refractivity contribution >= 4 is 115 Å². The molecule has 8 aromatic carbocycles. The van der Waals surface area contributed by atoms with Gasteiger partial charge in [0, 0.05) is 73.6 Å². The molecular formula is C86H99BrCl2N4O10P2PdS2. The van der Waals surface area contributed by atoms with E-state index in [2.05, 4.69) is 273 Å². The number of sulfonamides is 2. The minimum atomic E-state index is -3.83. The number of terminal acetylenes is 1. The Bertz CT molecular complexity index is 4250. The summed E-state index contributed by atoms with van der Waals surface area (Å²) in [7, 11) is 4.32. The van der Waals surface area contributed by atoms with E-state index < -0.39 is 35.9 Å². The van der Waals surface area contributed by atoms with Crippen molar-refractivity contribution in [1.29, 1.82) is 0 Å². The first kappa shape index (κ1) is 86.1. The van der Waals surface area contributed by atoms with Gasteiger partial charge in [-0.25, -0.2) is 16.8 Å². The molecule has 0 radical (unpaired) electrons. The topological polar surface area (TPSA) is 170 Å². The Morgan fingerprint density at radius 2 is 0.833 bits per heavy atom. The maximum absolute atomic E-state index is 13.5. The molecule has 2 aliphatic heterocycles. The minimum absolute atomic E-state index is 0.0108. The fourth-order valence-corrected chi connectivity index (χ4v) is 24.6. The van der Waals surface area contributed by atoms with E-state index in [0.29, 0.717) is 79.1 Å². The van der Waals surface area contributed by atoms with Crippen LogP contribution in [0.1, 0.15) is 106 Å². The normalized spacial score (nSPS) is 21.6.